The van der Waals surface area contributed by atoms with Crippen molar-refractivity contribution >= 4 is 21.8 Å². The number of hydrogen-bond donors (Lipinski definition) is 2. The maximum absolute atomic E-state index is 12.3. The summed E-state index contributed by atoms with van der Waals surface area (Å²) in [7, 11) is 0. The number of phenolic OH excluding ortho intramolecular Hbond substituents is 2. The van der Waals surface area contributed by atoms with Crippen LogP contribution in [0, 0.1) is 5.92 Å². The van der Waals surface area contributed by atoms with Crippen LogP contribution in [0.4, 0.5) is 0 Å². The van der Waals surface area contributed by atoms with Crippen molar-refractivity contribution in [3.05, 3.63) is 23.8 Å². The van der Waals surface area contributed by atoms with E-state index in [-0.39, 0.29) is 17.4 Å². The highest BCUT2D eigenvalue weighted by molar-refractivity contribution is 9.09. The van der Waals surface area contributed by atoms with Crippen LogP contribution in [0.5, 0.6) is 11.5 Å². The lowest BCUT2D eigenvalue weighted by Crippen LogP contribution is -2.39. The lowest BCUT2D eigenvalue weighted by Gasteiger charge is -2.33. The number of nitrogens with zero attached hydrogens (tertiary/aromatic N) is 1. The van der Waals surface area contributed by atoms with Gasteiger partial charge in [0.1, 0.15) is 11.5 Å². The number of hydrogen-bond acceptors (Lipinski definition) is 3. The first-order valence-corrected chi connectivity index (χ1v) is 7.35. The van der Waals surface area contributed by atoms with E-state index in [1.54, 1.807) is 4.90 Å². The Morgan fingerprint density at radius 2 is 1.79 bits per heavy atom. The molecule has 1 unspecified atom stereocenters. The van der Waals surface area contributed by atoms with Crippen molar-refractivity contribution < 1.29 is 15.0 Å². The van der Waals surface area contributed by atoms with E-state index in [4.69, 9.17) is 0 Å². The van der Waals surface area contributed by atoms with Gasteiger partial charge in [0.2, 0.25) is 0 Å². The van der Waals surface area contributed by atoms with Gasteiger partial charge < -0.3 is 15.1 Å². The number of likely N-dealkylation sites (tertiary alicyclic amines) is 1. The van der Waals surface area contributed by atoms with Crippen LogP contribution in [0.3, 0.4) is 0 Å². The van der Waals surface area contributed by atoms with E-state index < -0.39 is 0 Å². The Labute approximate surface area is 121 Å². The number of aromatic hydroxyl groups is 2. The second-order valence-corrected chi connectivity index (χ2v) is 6.49. The van der Waals surface area contributed by atoms with Gasteiger partial charge in [-0.15, -0.1) is 0 Å². The van der Waals surface area contributed by atoms with Crippen LogP contribution in [0.25, 0.3) is 0 Å². The SMILES string of the molecule is CC(Br)C1CCN(C(=O)c2cc(O)cc(O)c2)CC1. The molecule has 1 aliphatic rings. The molecule has 1 saturated heterocycles. The fourth-order valence-electron chi connectivity index (χ4n) is 2.46. The summed E-state index contributed by atoms with van der Waals surface area (Å²) in [6, 6.07) is 4.00. The van der Waals surface area contributed by atoms with Crippen LogP contribution in [-0.4, -0.2) is 38.9 Å². The van der Waals surface area contributed by atoms with Crippen molar-refractivity contribution in [3.8, 4) is 11.5 Å². The molecule has 1 atom stereocenters. The fraction of sp³-hybridized carbons (Fsp3) is 0.500. The molecular weight excluding hydrogens is 310 g/mol. The third-order valence-corrected chi connectivity index (χ3v) is 4.37. The summed E-state index contributed by atoms with van der Waals surface area (Å²) < 4.78 is 0. The molecule has 2 rings (SSSR count). The first kappa shape index (κ1) is 14.2. The molecule has 0 bridgehead atoms. The van der Waals surface area contributed by atoms with Crippen LogP contribution in [0.15, 0.2) is 18.2 Å². The molecule has 1 aromatic carbocycles. The molecule has 0 aliphatic carbocycles. The van der Waals surface area contributed by atoms with Gasteiger partial charge in [-0.05, 0) is 30.9 Å². The predicted molar refractivity (Wildman–Crippen MR) is 76.8 cm³/mol. The third kappa shape index (κ3) is 3.41. The Hall–Kier alpha value is -1.23. The van der Waals surface area contributed by atoms with Crippen molar-refractivity contribution in [2.24, 2.45) is 5.92 Å². The number of carbonyl (C=O) groups is 1. The Morgan fingerprint density at radius 1 is 1.26 bits per heavy atom. The van der Waals surface area contributed by atoms with Crippen molar-refractivity contribution in [1.29, 1.82) is 0 Å². The van der Waals surface area contributed by atoms with E-state index in [1.807, 2.05) is 0 Å². The minimum atomic E-state index is -0.133. The lowest BCUT2D eigenvalue weighted by molar-refractivity contribution is 0.0690. The summed E-state index contributed by atoms with van der Waals surface area (Å²) in [5.41, 5.74) is 0.336. The maximum Gasteiger partial charge on any atom is 0.254 e. The molecule has 4 nitrogen and oxygen atoms in total. The number of alkyl halides is 1. The number of carbonyl (C=O) groups excluding carboxylic acids is 1. The molecule has 1 heterocycles. The maximum atomic E-state index is 12.3. The Kier molecular flexibility index (Phi) is 4.34. The zero-order valence-corrected chi connectivity index (χ0v) is 12.4. The first-order chi connectivity index (χ1) is 8.97. The summed E-state index contributed by atoms with van der Waals surface area (Å²) in [6.07, 6.45) is 1.95. The minimum Gasteiger partial charge on any atom is -0.508 e. The molecule has 2 N–H and O–H groups in total. The smallest absolute Gasteiger partial charge is 0.254 e. The predicted octanol–water partition coefficient (Wildman–Crippen LogP) is 2.73. The van der Waals surface area contributed by atoms with E-state index in [9.17, 15) is 15.0 Å². The lowest BCUT2D eigenvalue weighted by atomic mass is 9.94. The van der Waals surface area contributed by atoms with Crippen LogP contribution < -0.4 is 0 Å². The average Bonchev–Trinajstić information content (AvgIpc) is 2.37. The average molecular weight is 328 g/mol. The summed E-state index contributed by atoms with van der Waals surface area (Å²) in [5.74, 6) is 0.285. The summed E-state index contributed by atoms with van der Waals surface area (Å²) in [5, 5.41) is 18.8. The number of phenols is 2. The second kappa shape index (κ2) is 5.82. The van der Waals surface area contributed by atoms with E-state index >= 15 is 0 Å². The number of halogens is 1. The van der Waals surface area contributed by atoms with Gasteiger partial charge in [0.25, 0.3) is 5.91 Å². The monoisotopic (exact) mass is 327 g/mol. The van der Waals surface area contributed by atoms with Gasteiger partial charge >= 0.3 is 0 Å². The van der Waals surface area contributed by atoms with Crippen molar-refractivity contribution in [1.82, 2.24) is 4.90 Å². The second-order valence-electron chi connectivity index (χ2n) is 5.05. The molecule has 0 spiro atoms. The molecule has 1 amide bonds. The van der Waals surface area contributed by atoms with Crippen LogP contribution >= 0.6 is 15.9 Å². The van der Waals surface area contributed by atoms with Crippen LogP contribution in [0.1, 0.15) is 30.1 Å². The van der Waals surface area contributed by atoms with Gasteiger partial charge in [0.15, 0.2) is 0 Å². The zero-order chi connectivity index (χ0) is 14.0. The van der Waals surface area contributed by atoms with Gasteiger partial charge in [-0.1, -0.05) is 22.9 Å². The zero-order valence-electron chi connectivity index (χ0n) is 10.8. The molecular formula is C14H18BrNO3. The molecule has 0 radical (unpaired) electrons. The van der Waals surface area contributed by atoms with Gasteiger partial charge in [-0.2, -0.15) is 0 Å². The first-order valence-electron chi connectivity index (χ1n) is 6.43. The quantitative estimate of drug-likeness (QED) is 0.821. The van der Waals surface area contributed by atoms with Gasteiger partial charge in [0, 0.05) is 29.5 Å². The Bertz CT molecular complexity index is 448. The summed E-state index contributed by atoms with van der Waals surface area (Å²) in [4.78, 5) is 14.5. The largest absolute Gasteiger partial charge is 0.508 e. The van der Waals surface area contributed by atoms with Crippen LogP contribution in [-0.2, 0) is 0 Å². The highest BCUT2D eigenvalue weighted by atomic mass is 79.9. The number of amides is 1. The van der Waals surface area contributed by atoms with Gasteiger partial charge in [-0.25, -0.2) is 0 Å². The number of piperidine rings is 1. The van der Waals surface area contributed by atoms with Gasteiger partial charge in [-0.3, -0.25) is 4.79 Å². The third-order valence-electron chi connectivity index (χ3n) is 3.63. The fourth-order valence-corrected chi connectivity index (χ4v) is 2.99. The molecule has 19 heavy (non-hydrogen) atoms. The van der Waals surface area contributed by atoms with Crippen molar-refractivity contribution in [2.75, 3.05) is 13.1 Å². The highest BCUT2D eigenvalue weighted by Gasteiger charge is 2.26. The number of benzene rings is 1. The van der Waals surface area contributed by atoms with Gasteiger partial charge in [0.05, 0.1) is 0 Å². The van der Waals surface area contributed by atoms with E-state index in [0.29, 0.717) is 16.3 Å². The van der Waals surface area contributed by atoms with E-state index in [0.717, 1.165) is 25.9 Å². The highest BCUT2D eigenvalue weighted by Crippen LogP contribution is 2.27. The Morgan fingerprint density at radius 3 is 2.26 bits per heavy atom. The molecule has 0 saturated carbocycles. The molecule has 1 aromatic rings. The van der Waals surface area contributed by atoms with Crippen molar-refractivity contribution in [2.45, 2.75) is 24.6 Å². The molecule has 1 aliphatic heterocycles. The molecule has 0 aromatic heterocycles. The standard InChI is InChI=1S/C14H18BrNO3/c1-9(15)10-2-4-16(5-3-10)14(19)11-6-12(17)8-13(18)7-11/h6-10,17-18H,2-5H2,1H3. The topological polar surface area (TPSA) is 60.8 Å². The summed E-state index contributed by atoms with van der Waals surface area (Å²) >= 11 is 3.59. The van der Waals surface area contributed by atoms with Crippen LogP contribution in [0.2, 0.25) is 0 Å². The van der Waals surface area contributed by atoms with Crippen molar-refractivity contribution in [3.63, 3.8) is 0 Å². The minimum absolute atomic E-state index is 0.0904. The Balaban J connectivity index is 2.05. The molecule has 5 heteroatoms. The normalized spacial score (nSPS) is 18.3. The van der Waals surface area contributed by atoms with E-state index in [1.165, 1.54) is 18.2 Å². The summed E-state index contributed by atoms with van der Waals surface area (Å²) in [6.45, 7) is 3.57. The molecule has 1 fully saturated rings. The number of rotatable bonds is 2. The van der Waals surface area contributed by atoms with E-state index in [2.05, 4.69) is 22.9 Å². The molecule has 104 valence electrons.